The van der Waals surface area contributed by atoms with Gasteiger partial charge in [0.15, 0.2) is 0 Å². The Morgan fingerprint density at radius 1 is 1.21 bits per heavy atom. The summed E-state index contributed by atoms with van der Waals surface area (Å²) < 4.78 is 31.5. The Kier molecular flexibility index (Phi) is 5.97. The molecule has 1 aromatic carbocycles. The van der Waals surface area contributed by atoms with Crippen LogP contribution >= 0.6 is 0 Å². The molecular formula is C14H23NO3S. The highest BCUT2D eigenvalue weighted by atomic mass is 32.2. The highest BCUT2D eigenvalue weighted by molar-refractivity contribution is 7.89. The van der Waals surface area contributed by atoms with Gasteiger partial charge in [0.1, 0.15) is 0 Å². The Labute approximate surface area is 116 Å². The van der Waals surface area contributed by atoms with Crippen LogP contribution in [0.1, 0.15) is 26.3 Å². The minimum Gasteiger partial charge on any atom is -0.376 e. The number of nitrogens with zero attached hydrogens (tertiary/aromatic N) is 1. The van der Waals surface area contributed by atoms with Crippen molar-refractivity contribution >= 4 is 10.0 Å². The molecule has 0 saturated carbocycles. The van der Waals surface area contributed by atoms with Crippen LogP contribution < -0.4 is 0 Å². The van der Waals surface area contributed by atoms with Crippen LogP contribution in [-0.2, 0) is 14.8 Å². The molecule has 0 radical (unpaired) electrons. The van der Waals surface area contributed by atoms with Gasteiger partial charge in [0.05, 0.1) is 17.6 Å². The third kappa shape index (κ3) is 4.03. The van der Waals surface area contributed by atoms with E-state index in [9.17, 15) is 8.42 Å². The lowest BCUT2D eigenvalue weighted by Gasteiger charge is -2.30. The molecule has 1 atom stereocenters. The molecule has 1 heterocycles. The summed E-state index contributed by atoms with van der Waals surface area (Å²) in [5.74, 6) is 0. The topological polar surface area (TPSA) is 46.6 Å². The molecule has 1 fully saturated rings. The van der Waals surface area contributed by atoms with Crippen molar-refractivity contribution in [2.24, 2.45) is 0 Å². The lowest BCUT2D eigenvalue weighted by molar-refractivity contribution is 0.0102. The second-order valence-corrected chi connectivity index (χ2v) is 6.30. The molecule has 1 aromatic rings. The number of aryl methyl sites for hydroxylation is 1. The molecule has 1 aliphatic rings. The molecule has 0 aliphatic carbocycles. The largest absolute Gasteiger partial charge is 0.376 e. The zero-order valence-electron chi connectivity index (χ0n) is 12.1. The first-order valence-electron chi connectivity index (χ1n) is 6.68. The number of benzene rings is 1. The van der Waals surface area contributed by atoms with Crippen LogP contribution in [0.5, 0.6) is 0 Å². The van der Waals surface area contributed by atoms with E-state index >= 15 is 0 Å². The van der Waals surface area contributed by atoms with E-state index in [-0.39, 0.29) is 6.10 Å². The predicted molar refractivity (Wildman–Crippen MR) is 76.7 cm³/mol. The molecule has 2 rings (SSSR count). The summed E-state index contributed by atoms with van der Waals surface area (Å²) in [6.07, 6.45) is -0.0380. The fourth-order valence-corrected chi connectivity index (χ4v) is 3.36. The van der Waals surface area contributed by atoms with Gasteiger partial charge in [0, 0.05) is 13.1 Å². The minimum absolute atomic E-state index is 0.0380. The monoisotopic (exact) mass is 285 g/mol. The Morgan fingerprint density at radius 2 is 1.79 bits per heavy atom. The van der Waals surface area contributed by atoms with E-state index in [0.717, 1.165) is 5.56 Å². The summed E-state index contributed by atoms with van der Waals surface area (Å²) in [5.41, 5.74) is 1.05. The van der Waals surface area contributed by atoms with Crippen LogP contribution in [0.25, 0.3) is 0 Å². The highest BCUT2D eigenvalue weighted by Gasteiger charge is 2.28. The number of ether oxygens (including phenoxy) is 1. The predicted octanol–water partition coefficient (Wildman–Crippen LogP) is 2.43. The van der Waals surface area contributed by atoms with E-state index in [1.54, 1.807) is 12.1 Å². The minimum atomic E-state index is -3.36. The van der Waals surface area contributed by atoms with Crippen LogP contribution in [0.15, 0.2) is 29.2 Å². The Morgan fingerprint density at radius 3 is 2.32 bits per heavy atom. The Balaban J connectivity index is 0.000000861. The average Bonchev–Trinajstić information content (AvgIpc) is 2.41. The highest BCUT2D eigenvalue weighted by Crippen LogP contribution is 2.18. The second-order valence-electron chi connectivity index (χ2n) is 4.36. The van der Waals surface area contributed by atoms with Gasteiger partial charge in [0.2, 0.25) is 10.0 Å². The van der Waals surface area contributed by atoms with Gasteiger partial charge in [-0.1, -0.05) is 31.5 Å². The molecule has 4 nitrogen and oxygen atoms in total. The van der Waals surface area contributed by atoms with Gasteiger partial charge in [0.25, 0.3) is 0 Å². The van der Waals surface area contributed by atoms with Crippen molar-refractivity contribution in [3.63, 3.8) is 0 Å². The van der Waals surface area contributed by atoms with Crippen molar-refractivity contribution in [2.45, 2.75) is 38.7 Å². The normalized spacial score (nSPS) is 20.5. The summed E-state index contributed by atoms with van der Waals surface area (Å²) in [6.45, 7) is 9.15. The smallest absolute Gasteiger partial charge is 0.243 e. The molecule has 0 spiro atoms. The summed E-state index contributed by atoms with van der Waals surface area (Å²) in [7, 11) is -3.36. The van der Waals surface area contributed by atoms with Crippen molar-refractivity contribution < 1.29 is 13.2 Å². The van der Waals surface area contributed by atoms with Gasteiger partial charge in [-0.2, -0.15) is 4.31 Å². The molecule has 19 heavy (non-hydrogen) atoms. The fourth-order valence-electron chi connectivity index (χ4n) is 1.86. The van der Waals surface area contributed by atoms with E-state index in [1.165, 1.54) is 4.31 Å². The zero-order valence-corrected chi connectivity index (χ0v) is 12.9. The lowest BCUT2D eigenvalue weighted by atomic mass is 10.2. The van der Waals surface area contributed by atoms with Gasteiger partial charge in [-0.15, -0.1) is 0 Å². The number of hydrogen-bond acceptors (Lipinski definition) is 3. The fraction of sp³-hybridized carbons (Fsp3) is 0.571. The summed E-state index contributed by atoms with van der Waals surface area (Å²) >= 11 is 0. The van der Waals surface area contributed by atoms with E-state index in [0.29, 0.717) is 24.6 Å². The number of rotatable bonds is 2. The van der Waals surface area contributed by atoms with Crippen LogP contribution in [0.2, 0.25) is 0 Å². The van der Waals surface area contributed by atoms with Crippen molar-refractivity contribution in [2.75, 3.05) is 19.7 Å². The summed E-state index contributed by atoms with van der Waals surface area (Å²) in [6, 6.07) is 6.95. The van der Waals surface area contributed by atoms with Gasteiger partial charge in [-0.05, 0) is 26.0 Å². The van der Waals surface area contributed by atoms with Gasteiger partial charge >= 0.3 is 0 Å². The molecule has 0 amide bonds. The van der Waals surface area contributed by atoms with Gasteiger partial charge < -0.3 is 4.74 Å². The molecule has 1 unspecified atom stereocenters. The molecule has 108 valence electrons. The maximum Gasteiger partial charge on any atom is 0.243 e. The molecule has 1 aliphatic heterocycles. The SMILES string of the molecule is CC.Cc1ccc(S(=O)(=O)N2CCOC(C)C2)cc1. The van der Waals surface area contributed by atoms with E-state index in [2.05, 4.69) is 0 Å². The van der Waals surface area contributed by atoms with Crippen molar-refractivity contribution in [3.05, 3.63) is 29.8 Å². The third-order valence-corrected chi connectivity index (χ3v) is 4.74. The van der Waals surface area contributed by atoms with E-state index < -0.39 is 10.0 Å². The van der Waals surface area contributed by atoms with Crippen molar-refractivity contribution in [3.8, 4) is 0 Å². The van der Waals surface area contributed by atoms with Crippen LogP contribution in [-0.4, -0.2) is 38.5 Å². The Hall–Kier alpha value is -0.910. The number of hydrogen-bond donors (Lipinski definition) is 0. The van der Waals surface area contributed by atoms with E-state index in [4.69, 9.17) is 4.74 Å². The quantitative estimate of drug-likeness (QED) is 0.838. The van der Waals surface area contributed by atoms with Gasteiger partial charge in [-0.25, -0.2) is 8.42 Å². The van der Waals surface area contributed by atoms with Gasteiger partial charge in [-0.3, -0.25) is 0 Å². The maximum absolute atomic E-state index is 12.3. The first-order chi connectivity index (χ1) is 9.00. The van der Waals surface area contributed by atoms with Crippen LogP contribution in [0, 0.1) is 6.92 Å². The summed E-state index contributed by atoms with van der Waals surface area (Å²) in [5, 5.41) is 0. The molecular weight excluding hydrogens is 262 g/mol. The van der Waals surface area contributed by atoms with E-state index in [1.807, 2.05) is 39.8 Å². The molecule has 5 heteroatoms. The average molecular weight is 285 g/mol. The van der Waals surface area contributed by atoms with Crippen LogP contribution in [0.4, 0.5) is 0 Å². The third-order valence-electron chi connectivity index (χ3n) is 2.86. The van der Waals surface area contributed by atoms with Crippen molar-refractivity contribution in [1.29, 1.82) is 0 Å². The first kappa shape index (κ1) is 16.1. The number of sulfonamides is 1. The Bertz CT molecular complexity index is 482. The van der Waals surface area contributed by atoms with Crippen LogP contribution in [0.3, 0.4) is 0 Å². The second kappa shape index (κ2) is 7.03. The molecule has 0 aromatic heterocycles. The molecule has 1 saturated heterocycles. The summed E-state index contributed by atoms with van der Waals surface area (Å²) in [4.78, 5) is 0.359. The molecule has 0 N–H and O–H groups in total. The maximum atomic E-state index is 12.3. The lowest BCUT2D eigenvalue weighted by Crippen LogP contribution is -2.44. The zero-order chi connectivity index (χ0) is 14.5. The standard InChI is InChI=1S/C12H17NO3S.C2H6/c1-10-3-5-12(6-4-10)17(14,15)13-7-8-16-11(2)9-13;1-2/h3-6,11H,7-9H2,1-2H3;1-2H3. The number of morpholine rings is 1. The molecule has 0 bridgehead atoms. The van der Waals surface area contributed by atoms with Crippen molar-refractivity contribution in [1.82, 2.24) is 4.31 Å². The first-order valence-corrected chi connectivity index (χ1v) is 8.12.